The zero-order chi connectivity index (χ0) is 12.8. The Morgan fingerprint density at radius 3 is 2.59 bits per heavy atom. The fourth-order valence-corrected chi connectivity index (χ4v) is 1.57. The number of hydrogen-bond acceptors (Lipinski definition) is 5. The lowest BCUT2D eigenvalue weighted by Gasteiger charge is -2.07. The van der Waals surface area contributed by atoms with E-state index in [4.69, 9.17) is 10.5 Å². The maximum atomic E-state index is 11.4. The summed E-state index contributed by atoms with van der Waals surface area (Å²) in [7, 11) is 0. The SMILES string of the molecule is CC(=O)c1cccc(Br)c1NN=C(C#N)C#N. The molecule has 0 aliphatic carbocycles. The van der Waals surface area contributed by atoms with Crippen LogP contribution in [0.4, 0.5) is 5.69 Å². The molecule has 0 atom stereocenters. The van der Waals surface area contributed by atoms with Crippen molar-refractivity contribution < 1.29 is 4.79 Å². The molecular formula is C11H7BrN4O. The third-order valence-electron chi connectivity index (χ3n) is 1.88. The number of halogens is 1. The van der Waals surface area contributed by atoms with Crippen molar-refractivity contribution in [2.24, 2.45) is 5.10 Å². The Labute approximate surface area is 106 Å². The Morgan fingerprint density at radius 1 is 1.41 bits per heavy atom. The summed E-state index contributed by atoms with van der Waals surface area (Å²) in [4.78, 5) is 11.4. The van der Waals surface area contributed by atoms with Gasteiger partial charge in [-0.25, -0.2) is 0 Å². The lowest BCUT2D eigenvalue weighted by Crippen LogP contribution is -2.03. The first-order valence-electron chi connectivity index (χ1n) is 4.53. The summed E-state index contributed by atoms with van der Waals surface area (Å²) in [6, 6.07) is 8.30. The summed E-state index contributed by atoms with van der Waals surface area (Å²) in [5, 5.41) is 20.7. The van der Waals surface area contributed by atoms with Crippen LogP contribution in [0.15, 0.2) is 27.8 Å². The molecule has 0 amide bonds. The molecule has 0 aliphatic rings. The predicted octanol–water partition coefficient (Wildman–Crippen LogP) is 2.47. The largest absolute Gasteiger partial charge is 0.294 e. The minimum Gasteiger partial charge on any atom is -0.294 e. The van der Waals surface area contributed by atoms with Gasteiger partial charge in [-0.15, -0.1) is 0 Å². The molecule has 0 saturated carbocycles. The minimum atomic E-state index is -0.310. The second kappa shape index (κ2) is 5.78. The summed E-state index contributed by atoms with van der Waals surface area (Å²) in [5.41, 5.74) is 3.09. The number of carbonyl (C=O) groups excluding carboxylic acids is 1. The number of para-hydroxylation sites is 1. The molecule has 84 valence electrons. The van der Waals surface area contributed by atoms with Gasteiger partial charge < -0.3 is 0 Å². The number of rotatable bonds is 3. The highest BCUT2D eigenvalue weighted by Crippen LogP contribution is 2.26. The molecule has 1 rings (SSSR count). The average molecular weight is 291 g/mol. The Hall–Kier alpha value is -2.18. The van der Waals surface area contributed by atoms with Crippen LogP contribution in [0.25, 0.3) is 0 Å². The van der Waals surface area contributed by atoms with Crippen LogP contribution in [0.1, 0.15) is 17.3 Å². The smallest absolute Gasteiger partial charge is 0.237 e. The van der Waals surface area contributed by atoms with Crippen LogP contribution in [0.5, 0.6) is 0 Å². The number of nitrogens with one attached hydrogen (secondary N) is 1. The van der Waals surface area contributed by atoms with Crippen LogP contribution < -0.4 is 5.43 Å². The fourth-order valence-electron chi connectivity index (χ4n) is 1.12. The number of hydrogen-bond donors (Lipinski definition) is 1. The maximum Gasteiger partial charge on any atom is 0.237 e. The van der Waals surface area contributed by atoms with Gasteiger partial charge in [-0.2, -0.15) is 15.6 Å². The molecule has 0 bridgehead atoms. The zero-order valence-corrected chi connectivity index (χ0v) is 10.4. The molecule has 17 heavy (non-hydrogen) atoms. The number of carbonyl (C=O) groups is 1. The monoisotopic (exact) mass is 290 g/mol. The van der Waals surface area contributed by atoms with Crippen molar-refractivity contribution in [2.75, 3.05) is 5.43 Å². The van der Waals surface area contributed by atoms with Crippen molar-refractivity contribution in [3.63, 3.8) is 0 Å². The van der Waals surface area contributed by atoms with E-state index in [1.807, 2.05) is 0 Å². The first-order valence-corrected chi connectivity index (χ1v) is 5.32. The molecule has 0 unspecified atom stereocenters. The summed E-state index contributed by atoms with van der Waals surface area (Å²) in [6.45, 7) is 1.42. The molecule has 0 fully saturated rings. The third-order valence-corrected chi connectivity index (χ3v) is 2.55. The molecular weight excluding hydrogens is 284 g/mol. The van der Waals surface area contributed by atoms with Gasteiger partial charge in [0, 0.05) is 10.0 Å². The van der Waals surface area contributed by atoms with Crippen molar-refractivity contribution in [3.05, 3.63) is 28.2 Å². The van der Waals surface area contributed by atoms with Gasteiger partial charge in [0.15, 0.2) is 5.78 Å². The van der Waals surface area contributed by atoms with Crippen LogP contribution in [-0.2, 0) is 0 Å². The lowest BCUT2D eigenvalue weighted by atomic mass is 10.1. The number of anilines is 1. The van der Waals surface area contributed by atoms with Gasteiger partial charge >= 0.3 is 0 Å². The molecule has 1 aromatic carbocycles. The van der Waals surface area contributed by atoms with Gasteiger partial charge in [-0.3, -0.25) is 10.2 Å². The molecule has 0 saturated heterocycles. The van der Waals surface area contributed by atoms with Gasteiger partial charge in [-0.05, 0) is 35.0 Å². The van der Waals surface area contributed by atoms with Crippen molar-refractivity contribution in [3.8, 4) is 12.1 Å². The normalized spacial score (nSPS) is 8.71. The Morgan fingerprint density at radius 2 is 2.06 bits per heavy atom. The molecule has 0 radical (unpaired) electrons. The quantitative estimate of drug-likeness (QED) is 0.526. The topological polar surface area (TPSA) is 89.0 Å². The number of nitrogens with zero attached hydrogens (tertiary/aromatic N) is 3. The maximum absolute atomic E-state index is 11.4. The number of nitriles is 2. The first-order chi connectivity index (χ1) is 8.10. The third kappa shape index (κ3) is 3.13. The Bertz CT molecular complexity index is 550. The molecule has 6 heteroatoms. The van der Waals surface area contributed by atoms with E-state index in [0.717, 1.165) is 0 Å². The van der Waals surface area contributed by atoms with Gasteiger partial charge in [0.2, 0.25) is 5.71 Å². The average Bonchev–Trinajstić information content (AvgIpc) is 2.31. The van der Waals surface area contributed by atoms with Gasteiger partial charge in [0.25, 0.3) is 0 Å². The van der Waals surface area contributed by atoms with Gasteiger partial charge in [0.05, 0.1) is 5.69 Å². The lowest BCUT2D eigenvalue weighted by molar-refractivity contribution is 0.101. The molecule has 1 N–H and O–H groups in total. The standard InChI is InChI=1S/C11H7BrN4O/c1-7(17)9-3-2-4-10(12)11(9)16-15-8(5-13)6-14/h2-4,16H,1H3. The highest BCUT2D eigenvalue weighted by molar-refractivity contribution is 9.10. The van der Waals surface area contributed by atoms with Crippen LogP contribution in [0.2, 0.25) is 0 Å². The Kier molecular flexibility index (Phi) is 4.38. The van der Waals surface area contributed by atoms with Crippen LogP contribution in [0, 0.1) is 22.7 Å². The number of Topliss-reactive ketones (excluding diaryl/α,β-unsaturated/α-hetero) is 1. The summed E-state index contributed by atoms with van der Waals surface area (Å²) < 4.78 is 0.629. The number of ketones is 1. The van der Waals surface area contributed by atoms with E-state index in [1.54, 1.807) is 30.3 Å². The predicted molar refractivity (Wildman–Crippen MR) is 66.4 cm³/mol. The molecule has 1 aromatic rings. The molecule has 0 spiro atoms. The summed E-state index contributed by atoms with van der Waals surface area (Å²) in [5.74, 6) is -0.139. The van der Waals surface area contributed by atoms with E-state index in [1.165, 1.54) is 6.92 Å². The molecule has 0 aliphatic heterocycles. The highest BCUT2D eigenvalue weighted by atomic mass is 79.9. The first kappa shape index (κ1) is 12.9. The van der Waals surface area contributed by atoms with Crippen molar-refractivity contribution in [2.45, 2.75) is 6.92 Å². The van der Waals surface area contributed by atoms with E-state index in [-0.39, 0.29) is 11.5 Å². The van der Waals surface area contributed by atoms with Crippen molar-refractivity contribution in [1.82, 2.24) is 0 Å². The fraction of sp³-hybridized carbons (Fsp3) is 0.0909. The second-order valence-corrected chi connectivity index (χ2v) is 3.87. The second-order valence-electron chi connectivity index (χ2n) is 3.01. The van der Waals surface area contributed by atoms with E-state index >= 15 is 0 Å². The van der Waals surface area contributed by atoms with E-state index in [0.29, 0.717) is 15.7 Å². The molecule has 0 heterocycles. The van der Waals surface area contributed by atoms with Gasteiger partial charge in [0.1, 0.15) is 12.1 Å². The van der Waals surface area contributed by atoms with Crippen LogP contribution >= 0.6 is 15.9 Å². The number of hydrazone groups is 1. The summed E-state index contributed by atoms with van der Waals surface area (Å²) >= 11 is 3.26. The highest BCUT2D eigenvalue weighted by Gasteiger charge is 2.09. The van der Waals surface area contributed by atoms with E-state index in [9.17, 15) is 4.79 Å². The molecule has 5 nitrogen and oxygen atoms in total. The Balaban J connectivity index is 3.16. The summed E-state index contributed by atoms with van der Waals surface area (Å²) in [6.07, 6.45) is 0. The van der Waals surface area contributed by atoms with Crippen molar-refractivity contribution in [1.29, 1.82) is 10.5 Å². The van der Waals surface area contributed by atoms with Crippen molar-refractivity contribution >= 4 is 33.1 Å². The van der Waals surface area contributed by atoms with Crippen LogP contribution in [-0.4, -0.2) is 11.5 Å². The van der Waals surface area contributed by atoms with Crippen LogP contribution in [0.3, 0.4) is 0 Å². The minimum absolute atomic E-state index is 0.139. The molecule has 0 aromatic heterocycles. The zero-order valence-electron chi connectivity index (χ0n) is 8.86. The van der Waals surface area contributed by atoms with E-state index in [2.05, 4.69) is 26.5 Å². The van der Waals surface area contributed by atoms with Gasteiger partial charge in [-0.1, -0.05) is 6.07 Å². The number of benzene rings is 1. The van der Waals surface area contributed by atoms with E-state index < -0.39 is 0 Å².